The van der Waals surface area contributed by atoms with E-state index in [-0.39, 0.29) is 0 Å². The minimum absolute atomic E-state index is 0.599. The Bertz CT molecular complexity index is 646. The van der Waals surface area contributed by atoms with Crippen molar-refractivity contribution in [1.29, 1.82) is 0 Å². The molecule has 2 heterocycles. The number of likely N-dealkylation sites (tertiary alicyclic amines) is 1. The molecule has 4 nitrogen and oxygen atoms in total. The fourth-order valence-electron chi connectivity index (χ4n) is 3.43. The van der Waals surface area contributed by atoms with Crippen LogP contribution >= 0.6 is 0 Å². The lowest BCUT2D eigenvalue weighted by Crippen LogP contribution is -2.36. The first-order chi connectivity index (χ1) is 9.65. The van der Waals surface area contributed by atoms with Crippen LogP contribution in [0.3, 0.4) is 0 Å². The van der Waals surface area contributed by atoms with Gasteiger partial charge in [0, 0.05) is 32.6 Å². The lowest BCUT2D eigenvalue weighted by atomic mass is 9.98. The maximum absolute atomic E-state index is 10.8. The van der Waals surface area contributed by atoms with E-state index in [2.05, 4.69) is 15.5 Å². The van der Waals surface area contributed by atoms with Crippen LogP contribution in [0.1, 0.15) is 25.1 Å². The predicted molar refractivity (Wildman–Crippen MR) is 78.6 cm³/mol. The predicted octanol–water partition coefficient (Wildman–Crippen LogP) is 1.71. The molecule has 0 radical (unpaired) electrons. The maximum Gasteiger partial charge on any atom is 0.112 e. The third-order valence-electron chi connectivity index (χ3n) is 4.79. The molecule has 2 aromatic rings. The molecule has 0 spiro atoms. The van der Waals surface area contributed by atoms with E-state index in [9.17, 15) is 5.11 Å². The Morgan fingerprint density at radius 2 is 2.15 bits per heavy atom. The second-order valence-corrected chi connectivity index (χ2v) is 6.43. The summed E-state index contributed by atoms with van der Waals surface area (Å²) in [7, 11) is 2.04. The van der Waals surface area contributed by atoms with Crippen molar-refractivity contribution in [3.05, 3.63) is 30.1 Å². The van der Waals surface area contributed by atoms with E-state index < -0.39 is 5.60 Å². The Morgan fingerprint density at radius 3 is 2.90 bits per heavy atom. The third-order valence-corrected chi connectivity index (χ3v) is 4.79. The number of para-hydroxylation sites is 2. The first kappa shape index (κ1) is 12.4. The highest BCUT2D eigenvalue weighted by Gasteiger charge is 2.42. The average molecular weight is 271 g/mol. The van der Waals surface area contributed by atoms with Crippen molar-refractivity contribution in [2.45, 2.75) is 37.3 Å². The molecule has 1 aliphatic carbocycles. The van der Waals surface area contributed by atoms with Crippen molar-refractivity contribution in [1.82, 2.24) is 14.5 Å². The summed E-state index contributed by atoms with van der Waals surface area (Å²) >= 11 is 0. The SMILES string of the molecule is Cn1c(CC2(O)CCN(C3CC3)C2)nc2ccccc21. The number of imidazole rings is 1. The van der Waals surface area contributed by atoms with E-state index in [4.69, 9.17) is 4.98 Å². The average Bonchev–Trinajstić information content (AvgIpc) is 3.15. The minimum Gasteiger partial charge on any atom is -0.388 e. The lowest BCUT2D eigenvalue weighted by Gasteiger charge is -2.23. The Balaban J connectivity index is 1.59. The zero-order valence-electron chi connectivity index (χ0n) is 11.9. The van der Waals surface area contributed by atoms with Gasteiger partial charge in [0.25, 0.3) is 0 Å². The van der Waals surface area contributed by atoms with Crippen molar-refractivity contribution in [2.75, 3.05) is 13.1 Å². The third kappa shape index (κ3) is 2.03. The van der Waals surface area contributed by atoms with E-state index in [1.54, 1.807) is 0 Å². The number of hydrogen-bond acceptors (Lipinski definition) is 3. The molecule has 4 rings (SSSR count). The van der Waals surface area contributed by atoms with Gasteiger partial charge in [-0.15, -0.1) is 0 Å². The highest BCUT2D eigenvalue weighted by Crippen LogP contribution is 2.34. The molecule has 1 N–H and O–H groups in total. The molecule has 4 heteroatoms. The molecule has 106 valence electrons. The Kier molecular flexibility index (Phi) is 2.66. The highest BCUT2D eigenvalue weighted by molar-refractivity contribution is 5.75. The molecule has 1 atom stereocenters. The lowest BCUT2D eigenvalue weighted by molar-refractivity contribution is 0.0463. The van der Waals surface area contributed by atoms with E-state index in [1.165, 1.54) is 12.8 Å². The summed E-state index contributed by atoms with van der Waals surface area (Å²) in [5.74, 6) is 0.992. The summed E-state index contributed by atoms with van der Waals surface area (Å²) in [6.45, 7) is 1.84. The normalized spacial score (nSPS) is 27.5. The van der Waals surface area contributed by atoms with Gasteiger partial charge in [0.1, 0.15) is 5.82 Å². The largest absolute Gasteiger partial charge is 0.388 e. The number of fused-ring (bicyclic) bond motifs is 1. The number of rotatable bonds is 3. The van der Waals surface area contributed by atoms with E-state index in [0.29, 0.717) is 6.42 Å². The maximum atomic E-state index is 10.8. The van der Waals surface area contributed by atoms with Crippen LogP contribution in [0, 0.1) is 0 Å². The van der Waals surface area contributed by atoms with Crippen molar-refractivity contribution >= 4 is 11.0 Å². The van der Waals surface area contributed by atoms with Crippen molar-refractivity contribution in [2.24, 2.45) is 7.05 Å². The van der Waals surface area contributed by atoms with E-state index >= 15 is 0 Å². The molecular weight excluding hydrogens is 250 g/mol. The smallest absolute Gasteiger partial charge is 0.112 e. The zero-order chi connectivity index (χ0) is 13.7. The summed E-state index contributed by atoms with van der Waals surface area (Å²) in [4.78, 5) is 7.14. The number of nitrogens with zero attached hydrogens (tertiary/aromatic N) is 3. The number of aromatic nitrogens is 2. The van der Waals surface area contributed by atoms with Crippen molar-refractivity contribution in [3.63, 3.8) is 0 Å². The molecule has 1 aromatic heterocycles. The van der Waals surface area contributed by atoms with Crippen molar-refractivity contribution < 1.29 is 5.11 Å². The monoisotopic (exact) mass is 271 g/mol. The van der Waals surface area contributed by atoms with Gasteiger partial charge in [-0.05, 0) is 31.4 Å². The van der Waals surface area contributed by atoms with Gasteiger partial charge >= 0.3 is 0 Å². The number of aliphatic hydroxyl groups is 1. The molecule has 1 aliphatic heterocycles. The number of benzene rings is 1. The van der Waals surface area contributed by atoms with Crippen LogP contribution in [-0.4, -0.2) is 44.3 Å². The van der Waals surface area contributed by atoms with Gasteiger partial charge < -0.3 is 9.67 Å². The second-order valence-electron chi connectivity index (χ2n) is 6.43. The number of β-amino-alcohol motifs (C(OH)–C–C–N with tert-alkyl or cyclic N) is 1. The van der Waals surface area contributed by atoms with E-state index in [1.807, 2.05) is 25.2 Å². The van der Waals surface area contributed by atoms with Crippen LogP contribution < -0.4 is 0 Å². The molecule has 2 fully saturated rings. The molecule has 1 saturated heterocycles. The van der Waals surface area contributed by atoms with Gasteiger partial charge in [0.05, 0.1) is 16.6 Å². The summed E-state index contributed by atoms with van der Waals surface area (Å²) < 4.78 is 2.12. The van der Waals surface area contributed by atoms with Gasteiger partial charge in [-0.3, -0.25) is 4.90 Å². The molecule has 2 aliphatic rings. The van der Waals surface area contributed by atoms with Crippen LogP contribution in [0.15, 0.2) is 24.3 Å². The van der Waals surface area contributed by atoms with Gasteiger partial charge in [-0.25, -0.2) is 4.98 Å². The Labute approximate surface area is 119 Å². The topological polar surface area (TPSA) is 41.3 Å². The highest BCUT2D eigenvalue weighted by atomic mass is 16.3. The van der Waals surface area contributed by atoms with Crippen LogP contribution in [0.5, 0.6) is 0 Å². The standard InChI is InChI=1S/C16H21N3O/c1-18-14-5-3-2-4-13(14)17-15(18)10-16(20)8-9-19(11-16)12-6-7-12/h2-5,12,20H,6-11H2,1H3. The summed E-state index contributed by atoms with van der Waals surface area (Å²) in [5.41, 5.74) is 1.56. The van der Waals surface area contributed by atoms with Crippen LogP contribution in [-0.2, 0) is 13.5 Å². The zero-order valence-corrected chi connectivity index (χ0v) is 11.9. The minimum atomic E-state index is -0.599. The number of aryl methyl sites for hydroxylation is 1. The molecule has 1 aromatic carbocycles. The fraction of sp³-hybridized carbons (Fsp3) is 0.562. The van der Waals surface area contributed by atoms with Gasteiger partial charge in [0.15, 0.2) is 0 Å². The van der Waals surface area contributed by atoms with Gasteiger partial charge in [-0.2, -0.15) is 0 Å². The van der Waals surface area contributed by atoms with Crippen LogP contribution in [0.4, 0.5) is 0 Å². The molecule has 20 heavy (non-hydrogen) atoms. The Morgan fingerprint density at radius 1 is 1.35 bits per heavy atom. The summed E-state index contributed by atoms with van der Waals surface area (Å²) in [5, 5.41) is 10.8. The van der Waals surface area contributed by atoms with Crippen molar-refractivity contribution in [3.8, 4) is 0 Å². The quantitative estimate of drug-likeness (QED) is 0.924. The number of hydrogen-bond donors (Lipinski definition) is 1. The Hall–Kier alpha value is -1.39. The fourth-order valence-corrected chi connectivity index (χ4v) is 3.43. The van der Waals surface area contributed by atoms with Gasteiger partial charge in [0.2, 0.25) is 0 Å². The second kappa shape index (κ2) is 4.30. The van der Waals surface area contributed by atoms with Crippen LogP contribution in [0.2, 0.25) is 0 Å². The van der Waals surface area contributed by atoms with Gasteiger partial charge in [-0.1, -0.05) is 12.1 Å². The molecule has 0 amide bonds. The van der Waals surface area contributed by atoms with E-state index in [0.717, 1.165) is 42.4 Å². The summed E-state index contributed by atoms with van der Waals surface area (Å²) in [6, 6.07) is 8.91. The first-order valence-electron chi connectivity index (χ1n) is 7.51. The molecule has 1 saturated carbocycles. The van der Waals surface area contributed by atoms with Crippen LogP contribution in [0.25, 0.3) is 11.0 Å². The summed E-state index contributed by atoms with van der Waals surface area (Å²) in [6.07, 6.45) is 4.14. The molecule has 1 unspecified atom stereocenters. The molecule has 0 bridgehead atoms. The molecular formula is C16H21N3O. The first-order valence-corrected chi connectivity index (χ1v) is 7.51.